The van der Waals surface area contributed by atoms with Gasteiger partial charge in [0.15, 0.2) is 0 Å². The van der Waals surface area contributed by atoms with E-state index in [9.17, 15) is 0 Å². The van der Waals surface area contributed by atoms with E-state index >= 15 is 0 Å². The van der Waals surface area contributed by atoms with E-state index in [1.165, 1.54) is 55.0 Å². The molecule has 0 bridgehead atoms. The predicted molar refractivity (Wildman–Crippen MR) is 91.1 cm³/mol. The maximum atomic E-state index is 3.75. The van der Waals surface area contributed by atoms with Gasteiger partial charge in [0, 0.05) is 10.5 Å². The van der Waals surface area contributed by atoms with Crippen molar-refractivity contribution >= 4 is 15.9 Å². The lowest BCUT2D eigenvalue weighted by atomic mass is 9.83. The molecule has 0 aromatic heterocycles. The van der Waals surface area contributed by atoms with Crippen LogP contribution >= 0.6 is 15.9 Å². The lowest BCUT2D eigenvalue weighted by Crippen LogP contribution is -2.38. The van der Waals surface area contributed by atoms with E-state index in [2.05, 4.69) is 52.4 Å². The SMILES string of the molecule is CCNC(Cc1cccc(Br)c1)C1CCCCCCC1. The van der Waals surface area contributed by atoms with Gasteiger partial charge in [-0.05, 0) is 49.4 Å². The van der Waals surface area contributed by atoms with Crippen molar-refractivity contribution in [2.75, 3.05) is 6.54 Å². The number of hydrogen-bond donors (Lipinski definition) is 1. The first kappa shape index (κ1) is 16.0. The highest BCUT2D eigenvalue weighted by Crippen LogP contribution is 2.27. The molecule has 1 unspecified atom stereocenters. The maximum absolute atomic E-state index is 3.75. The van der Waals surface area contributed by atoms with Gasteiger partial charge in [-0.1, -0.05) is 67.1 Å². The lowest BCUT2D eigenvalue weighted by molar-refractivity contribution is 0.286. The predicted octanol–water partition coefficient (Wildman–Crippen LogP) is 5.33. The zero-order valence-corrected chi connectivity index (χ0v) is 14.3. The molecule has 2 heteroatoms. The summed E-state index contributed by atoms with van der Waals surface area (Å²) in [5.74, 6) is 0.856. The van der Waals surface area contributed by atoms with Crippen LogP contribution < -0.4 is 5.32 Å². The molecule has 112 valence electrons. The van der Waals surface area contributed by atoms with E-state index in [4.69, 9.17) is 0 Å². The molecule has 0 radical (unpaired) electrons. The van der Waals surface area contributed by atoms with Crippen molar-refractivity contribution in [1.82, 2.24) is 5.32 Å². The van der Waals surface area contributed by atoms with E-state index in [1.807, 2.05) is 0 Å². The van der Waals surface area contributed by atoms with Gasteiger partial charge in [-0.25, -0.2) is 0 Å². The zero-order valence-electron chi connectivity index (χ0n) is 12.7. The zero-order chi connectivity index (χ0) is 14.2. The van der Waals surface area contributed by atoms with Crippen LogP contribution in [0.25, 0.3) is 0 Å². The smallest absolute Gasteiger partial charge is 0.0178 e. The highest BCUT2D eigenvalue weighted by Gasteiger charge is 2.21. The van der Waals surface area contributed by atoms with Crippen molar-refractivity contribution in [2.45, 2.75) is 64.3 Å². The minimum atomic E-state index is 0.646. The second kappa shape index (κ2) is 8.84. The summed E-state index contributed by atoms with van der Waals surface area (Å²) in [6, 6.07) is 9.44. The number of halogens is 1. The Bertz CT molecular complexity index is 383. The third-order valence-corrected chi connectivity index (χ3v) is 5.02. The van der Waals surface area contributed by atoms with Gasteiger partial charge >= 0.3 is 0 Å². The topological polar surface area (TPSA) is 12.0 Å². The number of rotatable bonds is 5. The van der Waals surface area contributed by atoms with Crippen LogP contribution in [0.4, 0.5) is 0 Å². The molecule has 1 fully saturated rings. The van der Waals surface area contributed by atoms with Crippen LogP contribution in [0.2, 0.25) is 0 Å². The molecule has 0 saturated heterocycles. The molecule has 1 aliphatic carbocycles. The van der Waals surface area contributed by atoms with Crippen molar-refractivity contribution < 1.29 is 0 Å². The Hall–Kier alpha value is -0.340. The second-order valence-corrected chi connectivity index (χ2v) is 7.02. The molecule has 1 aliphatic rings. The number of benzene rings is 1. The molecule has 1 nitrogen and oxygen atoms in total. The molecule has 0 amide bonds. The second-order valence-electron chi connectivity index (χ2n) is 6.10. The number of likely N-dealkylation sites (N-methyl/N-ethyl adjacent to an activating group) is 1. The van der Waals surface area contributed by atoms with Gasteiger partial charge in [-0.2, -0.15) is 0 Å². The summed E-state index contributed by atoms with van der Waals surface area (Å²) in [5.41, 5.74) is 1.45. The normalized spacial score (nSPS) is 19.3. The molecule has 0 spiro atoms. The van der Waals surface area contributed by atoms with Crippen molar-refractivity contribution in [1.29, 1.82) is 0 Å². The van der Waals surface area contributed by atoms with Crippen LogP contribution in [-0.4, -0.2) is 12.6 Å². The van der Waals surface area contributed by atoms with Crippen LogP contribution in [0.1, 0.15) is 57.4 Å². The van der Waals surface area contributed by atoms with E-state index in [-0.39, 0.29) is 0 Å². The van der Waals surface area contributed by atoms with Crippen molar-refractivity contribution in [2.24, 2.45) is 5.92 Å². The summed E-state index contributed by atoms with van der Waals surface area (Å²) in [6.45, 7) is 3.31. The first-order valence-electron chi connectivity index (χ1n) is 8.27. The summed E-state index contributed by atoms with van der Waals surface area (Å²) < 4.78 is 1.20. The Labute approximate surface area is 132 Å². The molecule has 1 saturated carbocycles. The van der Waals surface area contributed by atoms with Crippen molar-refractivity contribution in [3.63, 3.8) is 0 Å². The van der Waals surface area contributed by atoms with E-state index < -0.39 is 0 Å². The maximum Gasteiger partial charge on any atom is 0.0178 e. The third-order valence-electron chi connectivity index (χ3n) is 4.53. The highest BCUT2D eigenvalue weighted by molar-refractivity contribution is 9.10. The molecule has 1 aromatic rings. The van der Waals surface area contributed by atoms with Gasteiger partial charge in [-0.15, -0.1) is 0 Å². The average molecular weight is 338 g/mol. The quantitative estimate of drug-likeness (QED) is 0.765. The van der Waals surface area contributed by atoms with Gasteiger partial charge < -0.3 is 5.32 Å². The molecular weight excluding hydrogens is 310 g/mol. The summed E-state index contributed by atoms with van der Waals surface area (Å²) in [4.78, 5) is 0. The molecule has 2 rings (SSSR count). The van der Waals surface area contributed by atoms with Crippen LogP contribution in [0.5, 0.6) is 0 Å². The van der Waals surface area contributed by atoms with Gasteiger partial charge in [0.2, 0.25) is 0 Å². The molecule has 1 N–H and O–H groups in total. The Kier molecular flexibility index (Phi) is 7.09. The van der Waals surface area contributed by atoms with Crippen LogP contribution in [0, 0.1) is 5.92 Å². The average Bonchev–Trinajstić information content (AvgIpc) is 2.38. The summed E-state index contributed by atoms with van der Waals surface area (Å²) in [6.07, 6.45) is 11.1. The van der Waals surface area contributed by atoms with Crippen molar-refractivity contribution in [3.8, 4) is 0 Å². The summed E-state index contributed by atoms with van der Waals surface area (Å²) in [7, 11) is 0. The minimum absolute atomic E-state index is 0.646. The highest BCUT2D eigenvalue weighted by atomic mass is 79.9. The lowest BCUT2D eigenvalue weighted by Gasteiger charge is -2.29. The molecule has 1 aromatic carbocycles. The standard InChI is InChI=1S/C18H28BrN/c1-2-20-18(14-15-9-8-12-17(19)13-15)16-10-6-4-3-5-7-11-16/h8-9,12-13,16,18,20H,2-7,10-11,14H2,1H3. The molecule has 0 heterocycles. The van der Waals surface area contributed by atoms with Gasteiger partial charge in [0.1, 0.15) is 0 Å². The van der Waals surface area contributed by atoms with Crippen LogP contribution in [-0.2, 0) is 6.42 Å². The molecule has 0 aliphatic heterocycles. The third kappa shape index (κ3) is 5.21. The monoisotopic (exact) mass is 337 g/mol. The number of hydrogen-bond acceptors (Lipinski definition) is 1. The fourth-order valence-electron chi connectivity index (χ4n) is 3.48. The first-order chi connectivity index (χ1) is 9.79. The molecule has 20 heavy (non-hydrogen) atoms. The molecule has 1 atom stereocenters. The summed E-state index contributed by atoms with van der Waals surface area (Å²) >= 11 is 3.59. The van der Waals surface area contributed by atoms with Crippen molar-refractivity contribution in [3.05, 3.63) is 34.3 Å². The largest absolute Gasteiger partial charge is 0.314 e. The van der Waals surface area contributed by atoms with E-state index in [1.54, 1.807) is 0 Å². The van der Waals surface area contributed by atoms with E-state index in [0.717, 1.165) is 18.9 Å². The number of nitrogens with one attached hydrogen (secondary N) is 1. The minimum Gasteiger partial charge on any atom is -0.314 e. The Morgan fingerprint density at radius 3 is 2.50 bits per heavy atom. The van der Waals surface area contributed by atoms with Gasteiger partial charge in [0.25, 0.3) is 0 Å². The van der Waals surface area contributed by atoms with Crippen LogP contribution in [0.3, 0.4) is 0 Å². The Morgan fingerprint density at radius 2 is 1.85 bits per heavy atom. The summed E-state index contributed by atoms with van der Waals surface area (Å²) in [5, 5.41) is 3.75. The van der Waals surface area contributed by atoms with E-state index in [0.29, 0.717) is 6.04 Å². The fraction of sp³-hybridized carbons (Fsp3) is 0.667. The molecular formula is C18H28BrN. The van der Waals surface area contributed by atoms with Crippen LogP contribution in [0.15, 0.2) is 28.7 Å². The Morgan fingerprint density at radius 1 is 1.15 bits per heavy atom. The van der Waals surface area contributed by atoms with Gasteiger partial charge in [0.05, 0.1) is 0 Å². The Balaban J connectivity index is 2.00. The fourth-order valence-corrected chi connectivity index (χ4v) is 3.92. The van der Waals surface area contributed by atoms with Gasteiger partial charge in [-0.3, -0.25) is 0 Å². The first-order valence-corrected chi connectivity index (χ1v) is 9.06.